The van der Waals surface area contributed by atoms with Crippen molar-refractivity contribution in [2.75, 3.05) is 0 Å². The van der Waals surface area contributed by atoms with Crippen LogP contribution in [0.1, 0.15) is 77.5 Å². The molecular weight excluding hydrogens is 574 g/mol. The van der Waals surface area contributed by atoms with Gasteiger partial charge in [-0.2, -0.15) is 0 Å². The van der Waals surface area contributed by atoms with Crippen LogP contribution in [0.4, 0.5) is 0 Å². The molecule has 234 valence electrons. The van der Waals surface area contributed by atoms with E-state index in [1.807, 2.05) is 32.0 Å². The number of phosphoric acid groups is 2. The Balaban J connectivity index is 0.00000800. The molecule has 0 spiro atoms. The van der Waals surface area contributed by atoms with Gasteiger partial charge in [-0.1, -0.05) is 55.7 Å². The maximum atomic E-state index is 11.6. The highest BCUT2D eigenvalue weighted by atomic mass is 31.2. The summed E-state index contributed by atoms with van der Waals surface area (Å²) in [5.41, 5.74) is 3.99. The molecule has 0 saturated carbocycles. The van der Waals surface area contributed by atoms with Gasteiger partial charge >= 0.3 is 0 Å². The van der Waals surface area contributed by atoms with Crippen LogP contribution in [0.25, 0.3) is 16.7 Å². The van der Waals surface area contributed by atoms with E-state index in [9.17, 15) is 28.7 Å². The molecule has 2 rings (SSSR count). The molecule has 0 aliphatic rings. The highest BCUT2D eigenvalue weighted by Gasteiger charge is 2.32. The fourth-order valence-corrected chi connectivity index (χ4v) is 5.34. The Hall–Kier alpha value is -2.08. The summed E-state index contributed by atoms with van der Waals surface area (Å²) >= 11 is 0. The molecule has 2 aromatic carbocycles. The predicted molar refractivity (Wildman–Crippen MR) is 156 cm³/mol. The molecule has 14 heteroatoms. The van der Waals surface area contributed by atoms with Crippen molar-refractivity contribution in [1.29, 1.82) is 0 Å². The monoisotopic (exact) mass is 618 g/mol. The van der Waals surface area contributed by atoms with Gasteiger partial charge in [0.1, 0.15) is 11.5 Å². The number of allylic oxidation sites excluding steroid dienone is 1. The summed E-state index contributed by atoms with van der Waals surface area (Å²) in [4.78, 5) is 41.8. The minimum Gasteiger partial charge on any atom is -0.756 e. The van der Waals surface area contributed by atoms with Crippen LogP contribution in [-0.4, -0.2) is 21.4 Å². The second kappa shape index (κ2) is 14.9. The van der Waals surface area contributed by atoms with Gasteiger partial charge in [-0.3, -0.25) is 18.2 Å². The first-order chi connectivity index (χ1) is 17.7. The van der Waals surface area contributed by atoms with Gasteiger partial charge in [0, 0.05) is 27.7 Å². The Labute approximate surface area is 242 Å². The first-order valence-corrected chi connectivity index (χ1v) is 15.5. The molecule has 8 N–H and O–H groups in total. The molecule has 41 heavy (non-hydrogen) atoms. The molecular formula is C27H44N2O10P2-2. The maximum Gasteiger partial charge on any atom is 0.268 e. The van der Waals surface area contributed by atoms with Crippen molar-refractivity contribution in [2.45, 2.75) is 85.7 Å². The number of aryl methyl sites for hydroxylation is 2. The summed E-state index contributed by atoms with van der Waals surface area (Å²) < 4.78 is 44.9. The van der Waals surface area contributed by atoms with Gasteiger partial charge in [0.05, 0.1) is 5.56 Å². The molecule has 0 radical (unpaired) electrons. The van der Waals surface area contributed by atoms with Crippen LogP contribution in [0.3, 0.4) is 0 Å². The van der Waals surface area contributed by atoms with Crippen molar-refractivity contribution in [2.24, 2.45) is 0 Å². The van der Waals surface area contributed by atoms with Crippen LogP contribution >= 0.6 is 15.6 Å². The fourth-order valence-electron chi connectivity index (χ4n) is 4.15. The van der Waals surface area contributed by atoms with Crippen LogP contribution in [0.15, 0.2) is 36.9 Å². The van der Waals surface area contributed by atoms with Crippen LogP contribution in [-0.2, 0) is 24.6 Å². The van der Waals surface area contributed by atoms with E-state index < -0.39 is 27.2 Å². The van der Waals surface area contributed by atoms with Crippen LogP contribution in [0.5, 0.6) is 11.5 Å². The third kappa shape index (κ3) is 12.8. The van der Waals surface area contributed by atoms with Crippen molar-refractivity contribution < 1.29 is 47.2 Å². The third-order valence-corrected chi connectivity index (χ3v) is 6.82. The Kier molecular flexibility index (Phi) is 14.1. The minimum absolute atomic E-state index is 0. The predicted octanol–water partition coefficient (Wildman–Crippen LogP) is 5.94. The number of phosphoric ester groups is 2. The van der Waals surface area contributed by atoms with Crippen molar-refractivity contribution in [3.05, 3.63) is 53.6 Å². The lowest BCUT2D eigenvalue weighted by Crippen LogP contribution is -2.34. The van der Waals surface area contributed by atoms with Gasteiger partial charge in [-0.05, 0) is 55.5 Å². The molecule has 2 atom stereocenters. The van der Waals surface area contributed by atoms with Gasteiger partial charge in [0.2, 0.25) is 11.6 Å². The highest BCUT2D eigenvalue weighted by molar-refractivity contribution is 7.45. The highest BCUT2D eigenvalue weighted by Crippen LogP contribution is 2.48. The quantitative estimate of drug-likeness (QED) is 0.110. The van der Waals surface area contributed by atoms with Gasteiger partial charge in [0.15, 0.2) is 0 Å². The van der Waals surface area contributed by atoms with Crippen molar-refractivity contribution in [3.63, 3.8) is 0 Å². The van der Waals surface area contributed by atoms with Crippen LogP contribution in [0.2, 0.25) is 0 Å². The first-order valence-electron chi connectivity index (χ1n) is 12.5. The lowest BCUT2D eigenvalue weighted by atomic mass is 9.91. The molecule has 0 aliphatic carbocycles. The third-order valence-electron chi connectivity index (χ3n) is 5.48. The van der Waals surface area contributed by atoms with Crippen molar-refractivity contribution >= 4 is 21.2 Å². The topological polar surface area (TPSA) is 228 Å². The second-order valence-corrected chi connectivity index (χ2v) is 12.6. The molecule has 0 bridgehead atoms. The number of rotatable bonds is 14. The molecule has 0 saturated heterocycles. The molecule has 12 nitrogen and oxygen atoms in total. The number of hydrogen-bond acceptors (Lipinski definition) is 10. The summed E-state index contributed by atoms with van der Waals surface area (Å²) in [6.45, 7) is 15.1. The van der Waals surface area contributed by atoms with Gasteiger partial charge in [-0.25, -0.2) is 0 Å². The first kappa shape index (κ1) is 38.9. The lowest BCUT2D eigenvalue weighted by Gasteiger charge is -2.34. The van der Waals surface area contributed by atoms with Crippen molar-refractivity contribution in [3.8, 4) is 22.6 Å². The average molecular weight is 619 g/mol. The van der Waals surface area contributed by atoms with Gasteiger partial charge in [-0.15, -0.1) is 0 Å². The normalized spacial score (nSPS) is 14.6. The Morgan fingerprint density at radius 3 is 1.76 bits per heavy atom. The lowest BCUT2D eigenvalue weighted by molar-refractivity contribution is -0.246. The summed E-state index contributed by atoms with van der Waals surface area (Å²) in [6, 6.07) is 9.05. The van der Waals surface area contributed by atoms with E-state index in [0.29, 0.717) is 23.1 Å². The zero-order valence-corrected chi connectivity index (χ0v) is 26.7. The second-order valence-electron chi connectivity index (χ2n) is 10.4. The van der Waals surface area contributed by atoms with E-state index in [0.717, 1.165) is 36.0 Å². The Morgan fingerprint density at radius 2 is 1.37 bits per heavy atom. The molecule has 0 aromatic heterocycles. The summed E-state index contributed by atoms with van der Waals surface area (Å²) in [5, 5.41) is 0. The Bertz CT molecular complexity index is 1230. The van der Waals surface area contributed by atoms with E-state index in [1.165, 1.54) is 27.7 Å². The number of unbranched alkanes of at least 4 members (excludes halogenated alkanes) is 2. The summed E-state index contributed by atoms with van der Waals surface area (Å²) in [6.07, 6.45) is 3.35. The Morgan fingerprint density at radius 1 is 0.902 bits per heavy atom. The van der Waals surface area contributed by atoms with Crippen molar-refractivity contribution in [1.82, 2.24) is 12.3 Å². The van der Waals surface area contributed by atoms with Gasteiger partial charge in [0.25, 0.3) is 15.6 Å². The molecule has 0 fully saturated rings. The zero-order valence-electron chi connectivity index (χ0n) is 24.9. The van der Waals surface area contributed by atoms with E-state index in [2.05, 4.69) is 13.5 Å². The molecule has 0 heterocycles. The summed E-state index contributed by atoms with van der Waals surface area (Å²) in [7, 11) is -10.4. The van der Waals surface area contributed by atoms with E-state index in [-0.39, 0.29) is 23.8 Å². The molecule has 0 aliphatic heterocycles. The number of benzene rings is 2. The largest absolute Gasteiger partial charge is 0.756 e. The number of ether oxygens (including phenoxy) is 2. The zero-order chi connectivity index (χ0) is 29.8. The standard InChI is InChI=1S/C27H40O10P2.2H3N/c1-9-10-11-12-20-16-23(34-26(5,6)36-38(28,29)30)25(22-15-19(4)13-14-21(22)18(2)3)24(17-20)35-27(7,8)37-39(31,32)33;;/h13-17H,2,9-12H2,1,3-8H3,(H2,28,29,30)(H2,31,32,33);2*1H3/p-2. The molecule has 2 unspecified atom stereocenters. The molecule has 2 aromatic rings. The number of hydrogen-bond donors (Lipinski definition) is 4. The van der Waals surface area contributed by atoms with E-state index in [4.69, 9.17) is 18.5 Å². The SMILES string of the molecule is C=C(C)c1ccc(C)cc1-c1c(OC(C)(C)OP(=O)([O-])O)cc(CCCCC)cc1OC(C)(C)OP(=O)([O-])O.N.N. The molecule has 0 amide bonds. The van der Waals surface area contributed by atoms with E-state index >= 15 is 0 Å². The van der Waals surface area contributed by atoms with E-state index in [1.54, 1.807) is 12.1 Å². The van der Waals surface area contributed by atoms with Crippen LogP contribution in [0, 0.1) is 6.92 Å². The minimum atomic E-state index is -5.18. The summed E-state index contributed by atoms with van der Waals surface area (Å²) in [5.74, 6) is -3.38. The fraction of sp³-hybridized carbons (Fsp3) is 0.481. The van der Waals surface area contributed by atoms with Gasteiger partial charge < -0.3 is 41.3 Å². The average Bonchev–Trinajstić information content (AvgIpc) is 2.69. The van der Waals surface area contributed by atoms with Crippen LogP contribution < -0.4 is 31.6 Å². The maximum absolute atomic E-state index is 11.6. The smallest absolute Gasteiger partial charge is 0.268 e.